The predicted molar refractivity (Wildman–Crippen MR) is 121 cm³/mol. The van der Waals surface area contributed by atoms with Crippen LogP contribution in [0.2, 0.25) is 5.02 Å². The van der Waals surface area contributed by atoms with E-state index in [1.54, 1.807) is 22.6 Å². The van der Waals surface area contributed by atoms with Gasteiger partial charge in [-0.3, -0.25) is 14.9 Å². The first kappa shape index (κ1) is 19.5. The second-order valence-electron chi connectivity index (χ2n) is 7.19. The molecule has 0 aliphatic rings. The van der Waals surface area contributed by atoms with Crippen LogP contribution in [-0.2, 0) is 0 Å². The second-order valence-corrected chi connectivity index (χ2v) is 8.61. The van der Waals surface area contributed by atoms with Gasteiger partial charge in [-0.1, -0.05) is 22.9 Å². The molecule has 0 radical (unpaired) electrons. The molecule has 0 aliphatic carbocycles. The zero-order valence-corrected chi connectivity index (χ0v) is 18.0. The van der Waals surface area contributed by atoms with Crippen molar-refractivity contribution in [2.24, 2.45) is 0 Å². The molecule has 5 rings (SSSR count). The summed E-state index contributed by atoms with van der Waals surface area (Å²) in [5.41, 5.74) is 4.10. The Hall–Kier alpha value is -3.49. The van der Waals surface area contributed by atoms with Crippen molar-refractivity contribution in [3.63, 3.8) is 0 Å². The van der Waals surface area contributed by atoms with Gasteiger partial charge in [0.1, 0.15) is 16.1 Å². The van der Waals surface area contributed by atoms with Crippen molar-refractivity contribution >= 4 is 50.7 Å². The molecule has 3 aromatic heterocycles. The van der Waals surface area contributed by atoms with Crippen molar-refractivity contribution in [3.05, 3.63) is 89.4 Å². The van der Waals surface area contributed by atoms with Gasteiger partial charge in [0.25, 0.3) is 11.2 Å². The van der Waals surface area contributed by atoms with Crippen molar-refractivity contribution in [1.29, 1.82) is 0 Å². The van der Waals surface area contributed by atoms with Gasteiger partial charge in [-0.2, -0.15) is 0 Å². The molecule has 9 heteroatoms. The van der Waals surface area contributed by atoms with Gasteiger partial charge in [0, 0.05) is 23.8 Å². The van der Waals surface area contributed by atoms with Gasteiger partial charge in [0.05, 0.1) is 21.0 Å². The third kappa shape index (κ3) is 3.20. The molecule has 5 aromatic rings. The van der Waals surface area contributed by atoms with E-state index >= 15 is 0 Å². The van der Waals surface area contributed by atoms with E-state index in [-0.39, 0.29) is 16.3 Å². The van der Waals surface area contributed by atoms with Crippen LogP contribution in [0.4, 0.5) is 5.69 Å². The number of fused-ring (bicyclic) bond motifs is 3. The minimum absolute atomic E-state index is 0.0947. The van der Waals surface area contributed by atoms with E-state index in [1.807, 2.05) is 26.0 Å². The molecular weight excluding hydrogens is 438 g/mol. The van der Waals surface area contributed by atoms with Crippen molar-refractivity contribution in [1.82, 2.24) is 9.38 Å². The van der Waals surface area contributed by atoms with Crippen LogP contribution in [-0.4, -0.2) is 14.3 Å². The van der Waals surface area contributed by atoms with Gasteiger partial charge in [0.2, 0.25) is 0 Å². The molecule has 0 saturated heterocycles. The number of hydrogen-bond acceptors (Lipinski definition) is 6. The lowest BCUT2D eigenvalue weighted by Gasteiger charge is -2.00. The molecule has 2 aromatic carbocycles. The Morgan fingerprint density at radius 1 is 1.16 bits per heavy atom. The summed E-state index contributed by atoms with van der Waals surface area (Å²) in [4.78, 5) is 28.6. The van der Waals surface area contributed by atoms with E-state index in [2.05, 4.69) is 4.98 Å². The summed E-state index contributed by atoms with van der Waals surface area (Å²) >= 11 is 7.48. The summed E-state index contributed by atoms with van der Waals surface area (Å²) in [5.74, 6) is 0.929. The molecule has 154 valence electrons. The molecule has 7 nitrogen and oxygen atoms in total. The molecule has 0 amide bonds. The highest BCUT2D eigenvalue weighted by Crippen LogP contribution is 2.32. The maximum absolute atomic E-state index is 13.0. The first-order valence-electron chi connectivity index (χ1n) is 9.30. The normalized spacial score (nSPS) is 12.3. The van der Waals surface area contributed by atoms with Crippen LogP contribution in [0, 0.1) is 24.0 Å². The number of rotatable bonds is 3. The molecule has 0 atom stereocenters. The summed E-state index contributed by atoms with van der Waals surface area (Å²) in [6.07, 6.45) is 1.66. The lowest BCUT2D eigenvalue weighted by Crippen LogP contribution is -2.22. The molecule has 31 heavy (non-hydrogen) atoms. The van der Waals surface area contributed by atoms with Crippen molar-refractivity contribution in [3.8, 4) is 11.3 Å². The van der Waals surface area contributed by atoms with E-state index in [4.69, 9.17) is 16.0 Å². The van der Waals surface area contributed by atoms with E-state index in [9.17, 15) is 14.9 Å². The maximum Gasteiger partial charge on any atom is 0.275 e. The third-order valence-electron chi connectivity index (χ3n) is 5.18. The van der Waals surface area contributed by atoms with E-state index in [0.29, 0.717) is 26.6 Å². The minimum Gasteiger partial charge on any atom is -0.457 e. The van der Waals surface area contributed by atoms with Gasteiger partial charge in [-0.15, -0.1) is 0 Å². The number of hydrogen-bond donors (Lipinski definition) is 0. The number of nitro benzene ring substituents is 1. The van der Waals surface area contributed by atoms with E-state index < -0.39 is 4.92 Å². The van der Waals surface area contributed by atoms with E-state index in [1.165, 1.54) is 29.5 Å². The van der Waals surface area contributed by atoms with Gasteiger partial charge in [0.15, 0.2) is 4.96 Å². The number of imidazole rings is 1. The lowest BCUT2D eigenvalue weighted by atomic mass is 10.1. The van der Waals surface area contributed by atoms with Gasteiger partial charge in [-0.05, 0) is 55.3 Å². The first-order valence-corrected chi connectivity index (χ1v) is 10.5. The number of thiazole rings is 1. The molecule has 3 heterocycles. The minimum atomic E-state index is -0.507. The standard InChI is InChI=1S/C22H14ClN3O4S/c1-11-7-17-18(8-12(11)2)25-21(27)20(31-22(25)24-17)10-14-4-6-19(30-14)15-5-3-13(26(28)29)9-16(15)23/h3-10H,1-2H3/b20-10-. The Morgan fingerprint density at radius 3 is 2.68 bits per heavy atom. The predicted octanol–water partition coefficient (Wildman–Crippen LogP) is 4.90. The summed E-state index contributed by atoms with van der Waals surface area (Å²) in [6, 6.07) is 11.6. The van der Waals surface area contributed by atoms with E-state index in [0.717, 1.165) is 22.2 Å². The fraction of sp³-hybridized carbons (Fsp3) is 0.0909. The summed E-state index contributed by atoms with van der Waals surface area (Å²) in [5, 5.41) is 11.1. The molecule has 0 bridgehead atoms. The van der Waals surface area contributed by atoms with Crippen LogP contribution in [0.1, 0.15) is 16.9 Å². The van der Waals surface area contributed by atoms with Gasteiger partial charge in [-0.25, -0.2) is 9.38 Å². The average molecular weight is 452 g/mol. The second kappa shape index (κ2) is 7.04. The molecule has 0 unspecified atom stereocenters. The van der Waals surface area contributed by atoms with Crippen LogP contribution < -0.4 is 10.1 Å². The molecular formula is C22H14ClN3O4S. The number of benzene rings is 2. The van der Waals surface area contributed by atoms with Crippen LogP contribution >= 0.6 is 22.9 Å². The number of nitrogens with zero attached hydrogens (tertiary/aromatic N) is 3. The van der Waals surface area contributed by atoms with Crippen molar-refractivity contribution in [2.45, 2.75) is 13.8 Å². The number of furan rings is 1. The van der Waals surface area contributed by atoms with Crippen molar-refractivity contribution in [2.75, 3.05) is 0 Å². The highest BCUT2D eigenvalue weighted by Gasteiger charge is 2.15. The van der Waals surface area contributed by atoms with Crippen LogP contribution in [0.15, 0.2) is 51.7 Å². The number of halogens is 1. The van der Waals surface area contributed by atoms with Crippen molar-refractivity contribution < 1.29 is 9.34 Å². The lowest BCUT2D eigenvalue weighted by molar-refractivity contribution is -0.384. The summed E-state index contributed by atoms with van der Waals surface area (Å²) in [7, 11) is 0. The Balaban J connectivity index is 1.58. The highest BCUT2D eigenvalue weighted by atomic mass is 35.5. The molecule has 0 fully saturated rings. The molecule has 0 N–H and O–H groups in total. The Morgan fingerprint density at radius 2 is 1.94 bits per heavy atom. The number of nitro groups is 1. The van der Waals surface area contributed by atoms with Crippen LogP contribution in [0.5, 0.6) is 0 Å². The third-order valence-corrected chi connectivity index (χ3v) is 6.46. The molecule has 0 aliphatic heterocycles. The maximum atomic E-state index is 13.0. The van der Waals surface area contributed by atoms with Gasteiger partial charge >= 0.3 is 0 Å². The fourth-order valence-electron chi connectivity index (χ4n) is 3.44. The SMILES string of the molecule is Cc1cc2nc3s/c(=C\c4ccc(-c5ccc([N+](=O)[O-])cc5Cl)o4)c(=O)n3c2cc1C. The van der Waals surface area contributed by atoms with Crippen LogP contribution in [0.3, 0.4) is 0 Å². The largest absolute Gasteiger partial charge is 0.457 e. The molecule has 0 spiro atoms. The number of non-ortho nitro benzene ring substituents is 1. The molecule has 0 saturated carbocycles. The average Bonchev–Trinajstić information content (AvgIpc) is 3.39. The first-order chi connectivity index (χ1) is 14.8. The number of aryl methyl sites for hydroxylation is 2. The quantitative estimate of drug-likeness (QED) is 0.287. The smallest absolute Gasteiger partial charge is 0.275 e. The number of aromatic nitrogens is 2. The zero-order valence-electron chi connectivity index (χ0n) is 16.4. The monoisotopic (exact) mass is 451 g/mol. The fourth-order valence-corrected chi connectivity index (χ4v) is 4.68. The van der Waals surface area contributed by atoms with Crippen LogP contribution in [0.25, 0.3) is 33.4 Å². The Bertz CT molecular complexity index is 1630. The summed E-state index contributed by atoms with van der Waals surface area (Å²) in [6.45, 7) is 4.02. The Labute approximate surface area is 184 Å². The Kier molecular flexibility index (Phi) is 4.42. The topological polar surface area (TPSA) is 90.7 Å². The summed E-state index contributed by atoms with van der Waals surface area (Å²) < 4.78 is 7.95. The zero-order chi connectivity index (χ0) is 21.9. The van der Waals surface area contributed by atoms with Gasteiger partial charge < -0.3 is 4.42 Å². The highest BCUT2D eigenvalue weighted by molar-refractivity contribution is 7.15.